The highest BCUT2D eigenvalue weighted by Gasteiger charge is 2.04. The van der Waals surface area contributed by atoms with E-state index in [1.807, 2.05) is 0 Å². The molecule has 0 fully saturated rings. The van der Waals surface area contributed by atoms with E-state index in [4.69, 9.17) is 0 Å². The van der Waals surface area contributed by atoms with E-state index in [1.54, 1.807) is 19.9 Å². The third-order valence-electron chi connectivity index (χ3n) is 2.06. The van der Waals surface area contributed by atoms with Gasteiger partial charge in [0, 0.05) is 19.3 Å². The highest BCUT2D eigenvalue weighted by Crippen LogP contribution is 1.97. The molecule has 1 amide bonds. The fraction of sp³-hybridized carbons (Fsp3) is 0.583. The van der Waals surface area contributed by atoms with Crippen LogP contribution in [0.1, 0.15) is 39.5 Å². The van der Waals surface area contributed by atoms with Crippen LogP contribution in [0.15, 0.2) is 12.2 Å². The largest absolute Gasteiger partial charge is 0.349 e. The molecular weight excluding hydrogens is 206 g/mol. The molecule has 0 aromatic carbocycles. The number of carbonyl (C=O) groups is 3. The number of Topliss-reactive ketones (excluding diaryl/α,β-unsaturated/α-hetero) is 1. The fourth-order valence-electron chi connectivity index (χ4n) is 1.10. The number of carbonyl (C=O) groups excluding carboxylic acids is 3. The standard InChI is InChI=1S/C12H19NO3/c1-3-6-11(15)7-5-8-12(16)13-9-10(14)4-2/h3,6H,4-5,7-9H2,1-2H3,(H,13,16)/b6-3+. The molecule has 0 aliphatic carbocycles. The van der Waals surface area contributed by atoms with Gasteiger partial charge in [-0.3, -0.25) is 14.4 Å². The zero-order valence-electron chi connectivity index (χ0n) is 9.91. The van der Waals surface area contributed by atoms with Gasteiger partial charge in [-0.1, -0.05) is 13.0 Å². The molecule has 0 aliphatic heterocycles. The van der Waals surface area contributed by atoms with Gasteiger partial charge in [-0.15, -0.1) is 0 Å². The lowest BCUT2D eigenvalue weighted by molar-refractivity contribution is -0.125. The predicted molar refractivity (Wildman–Crippen MR) is 62.0 cm³/mol. The molecule has 0 bridgehead atoms. The summed E-state index contributed by atoms with van der Waals surface area (Å²) >= 11 is 0. The first kappa shape index (κ1) is 14.6. The van der Waals surface area contributed by atoms with Crippen LogP contribution in [0, 0.1) is 0 Å². The van der Waals surface area contributed by atoms with Crippen molar-refractivity contribution >= 4 is 17.5 Å². The van der Waals surface area contributed by atoms with E-state index in [1.165, 1.54) is 6.08 Å². The van der Waals surface area contributed by atoms with Crippen LogP contribution in [0.3, 0.4) is 0 Å². The number of hydrogen-bond acceptors (Lipinski definition) is 3. The van der Waals surface area contributed by atoms with Gasteiger partial charge in [0.15, 0.2) is 11.6 Å². The summed E-state index contributed by atoms with van der Waals surface area (Å²) in [6.07, 6.45) is 4.80. The number of allylic oxidation sites excluding steroid dienone is 2. The number of nitrogens with one attached hydrogen (secondary N) is 1. The van der Waals surface area contributed by atoms with Gasteiger partial charge >= 0.3 is 0 Å². The lowest BCUT2D eigenvalue weighted by atomic mass is 10.1. The smallest absolute Gasteiger partial charge is 0.220 e. The van der Waals surface area contributed by atoms with E-state index in [-0.39, 0.29) is 24.0 Å². The van der Waals surface area contributed by atoms with Crippen molar-refractivity contribution in [3.63, 3.8) is 0 Å². The van der Waals surface area contributed by atoms with Gasteiger partial charge in [-0.05, 0) is 19.4 Å². The molecule has 0 rings (SSSR count). The van der Waals surface area contributed by atoms with Crippen molar-refractivity contribution in [1.29, 1.82) is 0 Å². The number of rotatable bonds is 8. The summed E-state index contributed by atoms with van der Waals surface area (Å²) in [5, 5.41) is 2.52. The maximum absolute atomic E-state index is 11.2. The normalized spacial score (nSPS) is 10.4. The summed E-state index contributed by atoms with van der Waals surface area (Å²) in [4.78, 5) is 33.2. The molecule has 1 N–H and O–H groups in total. The molecule has 0 heterocycles. The summed E-state index contributed by atoms with van der Waals surface area (Å²) < 4.78 is 0. The van der Waals surface area contributed by atoms with Crippen LogP contribution >= 0.6 is 0 Å². The third-order valence-corrected chi connectivity index (χ3v) is 2.06. The molecule has 0 saturated heterocycles. The third kappa shape index (κ3) is 7.91. The Morgan fingerprint density at radius 3 is 2.44 bits per heavy atom. The van der Waals surface area contributed by atoms with E-state index in [9.17, 15) is 14.4 Å². The second-order valence-electron chi connectivity index (χ2n) is 3.49. The molecule has 0 atom stereocenters. The maximum atomic E-state index is 11.2. The van der Waals surface area contributed by atoms with Gasteiger partial charge < -0.3 is 5.32 Å². The van der Waals surface area contributed by atoms with Crippen molar-refractivity contribution in [3.8, 4) is 0 Å². The quantitative estimate of drug-likeness (QED) is 0.635. The fourth-order valence-corrected chi connectivity index (χ4v) is 1.10. The van der Waals surface area contributed by atoms with Gasteiger partial charge in [0.2, 0.25) is 5.91 Å². The molecule has 0 aliphatic rings. The lowest BCUT2D eigenvalue weighted by Gasteiger charge is -2.02. The summed E-state index contributed by atoms with van der Waals surface area (Å²) in [5.74, 6) is -0.131. The topological polar surface area (TPSA) is 63.2 Å². The molecular formula is C12H19NO3. The number of hydrogen-bond donors (Lipinski definition) is 1. The molecule has 90 valence electrons. The minimum atomic E-state index is -0.171. The minimum absolute atomic E-state index is 0.0124. The minimum Gasteiger partial charge on any atom is -0.349 e. The SMILES string of the molecule is C/C=C/C(=O)CCCC(=O)NCC(=O)CC. The van der Waals surface area contributed by atoms with E-state index in [0.29, 0.717) is 25.7 Å². The van der Waals surface area contributed by atoms with Crippen LogP contribution in [-0.4, -0.2) is 24.0 Å². The molecule has 0 radical (unpaired) electrons. The Hall–Kier alpha value is -1.45. The van der Waals surface area contributed by atoms with E-state index >= 15 is 0 Å². The Morgan fingerprint density at radius 2 is 1.88 bits per heavy atom. The molecule has 0 unspecified atom stereocenters. The van der Waals surface area contributed by atoms with Gasteiger partial charge in [0.1, 0.15) is 0 Å². The van der Waals surface area contributed by atoms with Crippen LogP contribution in [0.5, 0.6) is 0 Å². The zero-order valence-corrected chi connectivity index (χ0v) is 9.91. The Balaban J connectivity index is 3.58. The molecule has 0 aromatic rings. The molecule has 16 heavy (non-hydrogen) atoms. The van der Waals surface area contributed by atoms with Crippen molar-refractivity contribution in [2.24, 2.45) is 0 Å². The van der Waals surface area contributed by atoms with E-state index in [0.717, 1.165) is 0 Å². The zero-order chi connectivity index (χ0) is 12.4. The van der Waals surface area contributed by atoms with Gasteiger partial charge in [0.05, 0.1) is 6.54 Å². The summed E-state index contributed by atoms with van der Waals surface area (Å²) in [7, 11) is 0. The van der Waals surface area contributed by atoms with Crippen LogP contribution in [0.4, 0.5) is 0 Å². The van der Waals surface area contributed by atoms with E-state index in [2.05, 4.69) is 5.32 Å². The second kappa shape index (κ2) is 8.83. The molecule has 0 saturated carbocycles. The first-order valence-corrected chi connectivity index (χ1v) is 5.54. The Labute approximate surface area is 96.1 Å². The van der Waals surface area contributed by atoms with Crippen LogP contribution in [-0.2, 0) is 14.4 Å². The van der Waals surface area contributed by atoms with Gasteiger partial charge in [-0.2, -0.15) is 0 Å². The summed E-state index contributed by atoms with van der Waals surface area (Å²) in [5.41, 5.74) is 0. The molecule has 0 aromatic heterocycles. The van der Waals surface area contributed by atoms with Crippen molar-refractivity contribution in [1.82, 2.24) is 5.32 Å². The second-order valence-corrected chi connectivity index (χ2v) is 3.49. The van der Waals surface area contributed by atoms with Crippen LogP contribution in [0.2, 0.25) is 0 Å². The first-order valence-electron chi connectivity index (χ1n) is 5.54. The monoisotopic (exact) mass is 225 g/mol. The molecule has 0 spiro atoms. The average Bonchev–Trinajstić information content (AvgIpc) is 2.26. The van der Waals surface area contributed by atoms with Crippen LogP contribution in [0.25, 0.3) is 0 Å². The highest BCUT2D eigenvalue weighted by atomic mass is 16.2. The highest BCUT2D eigenvalue weighted by molar-refractivity contribution is 5.90. The Morgan fingerprint density at radius 1 is 1.19 bits per heavy atom. The first-order chi connectivity index (χ1) is 7.60. The average molecular weight is 225 g/mol. The van der Waals surface area contributed by atoms with Crippen LogP contribution < -0.4 is 5.32 Å². The lowest BCUT2D eigenvalue weighted by Crippen LogP contribution is -2.28. The maximum Gasteiger partial charge on any atom is 0.220 e. The molecule has 4 heteroatoms. The number of ketones is 2. The van der Waals surface area contributed by atoms with Crippen molar-refractivity contribution in [2.45, 2.75) is 39.5 Å². The molecule has 4 nitrogen and oxygen atoms in total. The Kier molecular flexibility index (Phi) is 8.03. The van der Waals surface area contributed by atoms with Crippen molar-refractivity contribution < 1.29 is 14.4 Å². The summed E-state index contributed by atoms with van der Waals surface area (Å²) in [6, 6.07) is 0. The Bertz CT molecular complexity index is 282. The predicted octanol–water partition coefficient (Wildman–Crippen LogP) is 1.40. The van der Waals surface area contributed by atoms with Gasteiger partial charge in [0.25, 0.3) is 0 Å². The van der Waals surface area contributed by atoms with Crippen molar-refractivity contribution in [2.75, 3.05) is 6.54 Å². The van der Waals surface area contributed by atoms with Crippen molar-refractivity contribution in [3.05, 3.63) is 12.2 Å². The van der Waals surface area contributed by atoms with Gasteiger partial charge in [-0.25, -0.2) is 0 Å². The number of amides is 1. The van der Waals surface area contributed by atoms with E-state index < -0.39 is 0 Å². The summed E-state index contributed by atoms with van der Waals surface area (Å²) in [6.45, 7) is 3.63.